The van der Waals surface area contributed by atoms with Gasteiger partial charge < -0.3 is 18.9 Å². The van der Waals surface area contributed by atoms with Crippen LogP contribution >= 0.6 is 0 Å². The van der Waals surface area contributed by atoms with E-state index < -0.39 is 10.0 Å². The van der Waals surface area contributed by atoms with E-state index in [-0.39, 0.29) is 49.1 Å². The van der Waals surface area contributed by atoms with Gasteiger partial charge in [0, 0.05) is 13.0 Å². The first-order chi connectivity index (χ1) is 18.5. The van der Waals surface area contributed by atoms with Crippen LogP contribution in [0.1, 0.15) is 36.0 Å². The van der Waals surface area contributed by atoms with Gasteiger partial charge >= 0.3 is 0 Å². The Bertz CT molecular complexity index is 1310. The number of benzene rings is 2. The Morgan fingerprint density at radius 3 is 2.63 bits per heavy atom. The maximum Gasteiger partial charge on any atom is 0.263 e. The highest BCUT2D eigenvalue weighted by atomic mass is 32.2. The molecular formula is C26H30N4O7S. The summed E-state index contributed by atoms with van der Waals surface area (Å²) >= 11 is 0. The summed E-state index contributed by atoms with van der Waals surface area (Å²) in [6.45, 7) is 1.11. The summed E-state index contributed by atoms with van der Waals surface area (Å²) < 4.78 is 51.7. The third-order valence-electron chi connectivity index (χ3n) is 5.94. The lowest BCUT2D eigenvalue weighted by Gasteiger charge is -2.22. The molecule has 0 spiro atoms. The molecule has 1 atom stereocenters. The maximum atomic E-state index is 13.2. The van der Waals surface area contributed by atoms with Crippen molar-refractivity contribution in [2.75, 3.05) is 31.7 Å². The van der Waals surface area contributed by atoms with Crippen LogP contribution in [0.3, 0.4) is 0 Å². The molecule has 1 N–H and O–H groups in total. The van der Waals surface area contributed by atoms with Crippen LogP contribution in [0.15, 0.2) is 64.9 Å². The zero-order valence-electron chi connectivity index (χ0n) is 21.0. The van der Waals surface area contributed by atoms with E-state index in [0.29, 0.717) is 23.5 Å². The van der Waals surface area contributed by atoms with Crippen molar-refractivity contribution in [3.8, 4) is 11.6 Å². The van der Waals surface area contributed by atoms with Crippen molar-refractivity contribution in [2.45, 2.75) is 43.4 Å². The molecule has 3 aromatic rings. The van der Waals surface area contributed by atoms with Crippen LogP contribution in [-0.2, 0) is 32.5 Å². The molecular weight excluding hydrogens is 512 g/mol. The normalized spacial score (nSPS) is 15.6. The standard InChI is InChI=1S/C26H30N4O7S/c1-34-23-7-3-2-6-20(23)16-22-25(30-38(32,33)21-11-9-19(10-12-21)17-29-31)27-18-28-26(22)37-15-14-36-24-8-4-5-13-35-24/h2-3,6-7,9-12,18,24H,4-5,8,13-17H2,1H3,(H,27,28,30). The average Bonchev–Trinajstić information content (AvgIpc) is 2.94. The molecule has 1 aliphatic heterocycles. The predicted octanol–water partition coefficient (Wildman–Crippen LogP) is 4.07. The third-order valence-corrected chi connectivity index (χ3v) is 7.30. The largest absolute Gasteiger partial charge is 0.496 e. The van der Waals surface area contributed by atoms with Gasteiger partial charge in [-0.15, -0.1) is 0 Å². The number of rotatable bonds is 13. The molecule has 11 nitrogen and oxygen atoms in total. The van der Waals surface area contributed by atoms with Gasteiger partial charge in [-0.25, -0.2) is 18.4 Å². The molecule has 12 heteroatoms. The molecule has 0 radical (unpaired) electrons. The predicted molar refractivity (Wildman–Crippen MR) is 140 cm³/mol. The van der Waals surface area contributed by atoms with Gasteiger partial charge in [0.15, 0.2) is 12.1 Å². The second kappa shape index (κ2) is 13.3. The molecule has 0 aliphatic carbocycles. The van der Waals surface area contributed by atoms with E-state index in [1.54, 1.807) is 7.11 Å². The zero-order chi connectivity index (χ0) is 26.8. The lowest BCUT2D eigenvalue weighted by Crippen LogP contribution is -2.24. The number of nitrogens with zero attached hydrogens (tertiary/aromatic N) is 3. The molecule has 0 saturated carbocycles. The summed E-state index contributed by atoms with van der Waals surface area (Å²) in [5, 5.41) is 2.83. The molecule has 1 unspecified atom stereocenters. The number of aromatic nitrogens is 2. The third kappa shape index (κ3) is 7.24. The van der Waals surface area contributed by atoms with E-state index in [1.807, 2.05) is 24.3 Å². The quantitative estimate of drug-likeness (QED) is 0.250. The lowest BCUT2D eigenvalue weighted by atomic mass is 10.1. The van der Waals surface area contributed by atoms with Crippen LogP contribution in [0.2, 0.25) is 0 Å². The average molecular weight is 543 g/mol. The molecule has 1 aromatic heterocycles. The number of ether oxygens (including phenoxy) is 4. The molecule has 1 aliphatic rings. The van der Waals surface area contributed by atoms with Crippen LogP contribution in [0.25, 0.3) is 0 Å². The fourth-order valence-electron chi connectivity index (χ4n) is 4.00. The highest BCUT2D eigenvalue weighted by Gasteiger charge is 2.22. The van der Waals surface area contributed by atoms with Gasteiger partial charge in [-0.3, -0.25) is 4.72 Å². The maximum absolute atomic E-state index is 13.2. The van der Waals surface area contributed by atoms with Crippen molar-refractivity contribution in [3.63, 3.8) is 0 Å². The number of nitrogens with one attached hydrogen (secondary N) is 1. The Hall–Kier alpha value is -3.61. The van der Waals surface area contributed by atoms with E-state index in [9.17, 15) is 13.3 Å². The van der Waals surface area contributed by atoms with E-state index in [4.69, 9.17) is 18.9 Å². The SMILES string of the molecule is COc1ccccc1Cc1c(NS(=O)(=O)c2ccc(CN=O)cc2)ncnc1OCCOC1CCCCO1. The van der Waals surface area contributed by atoms with Crippen LogP contribution in [0, 0.1) is 4.91 Å². The molecule has 202 valence electrons. The van der Waals surface area contributed by atoms with Crippen LogP contribution in [0.5, 0.6) is 11.6 Å². The van der Waals surface area contributed by atoms with Crippen molar-refractivity contribution in [3.05, 3.63) is 76.5 Å². The Balaban J connectivity index is 1.57. The highest BCUT2D eigenvalue weighted by Crippen LogP contribution is 2.30. The Labute approximate surface area is 221 Å². The first-order valence-corrected chi connectivity index (χ1v) is 13.7. The molecule has 4 rings (SSSR count). The van der Waals surface area contributed by atoms with Gasteiger partial charge in [-0.2, -0.15) is 4.91 Å². The van der Waals surface area contributed by atoms with Gasteiger partial charge in [0.1, 0.15) is 25.2 Å². The number of methoxy groups -OCH3 is 1. The summed E-state index contributed by atoms with van der Waals surface area (Å²) in [5.74, 6) is 0.938. The number of sulfonamides is 1. The number of hydrogen-bond acceptors (Lipinski definition) is 10. The van der Waals surface area contributed by atoms with Crippen LogP contribution in [-0.4, -0.2) is 51.6 Å². The summed E-state index contributed by atoms with van der Waals surface area (Å²) in [4.78, 5) is 19.0. The van der Waals surface area contributed by atoms with Crippen molar-refractivity contribution in [1.82, 2.24) is 9.97 Å². The number of para-hydroxylation sites is 1. The minimum Gasteiger partial charge on any atom is -0.496 e. The minimum absolute atomic E-state index is 0.0114. The molecule has 2 aromatic carbocycles. The second-order valence-corrected chi connectivity index (χ2v) is 10.2. The highest BCUT2D eigenvalue weighted by molar-refractivity contribution is 7.92. The van der Waals surface area contributed by atoms with Crippen molar-refractivity contribution >= 4 is 15.8 Å². The van der Waals surface area contributed by atoms with Gasteiger partial charge in [-0.05, 0) is 48.6 Å². The Kier molecular flexibility index (Phi) is 9.57. The first-order valence-electron chi connectivity index (χ1n) is 12.2. The summed E-state index contributed by atoms with van der Waals surface area (Å²) in [6, 6.07) is 13.3. The molecule has 2 heterocycles. The Morgan fingerprint density at radius 1 is 1.08 bits per heavy atom. The van der Waals surface area contributed by atoms with Crippen LogP contribution in [0.4, 0.5) is 5.82 Å². The first kappa shape index (κ1) is 27.4. The number of anilines is 1. The van der Waals surface area contributed by atoms with Crippen molar-refractivity contribution in [2.24, 2.45) is 5.18 Å². The summed E-state index contributed by atoms with van der Waals surface area (Å²) in [6.07, 6.45) is 4.16. The van der Waals surface area contributed by atoms with Gasteiger partial charge in [0.25, 0.3) is 10.0 Å². The zero-order valence-corrected chi connectivity index (χ0v) is 21.9. The van der Waals surface area contributed by atoms with Crippen LogP contribution < -0.4 is 14.2 Å². The monoisotopic (exact) mass is 542 g/mol. The lowest BCUT2D eigenvalue weighted by molar-refractivity contribution is -0.165. The molecule has 0 bridgehead atoms. The number of hydrogen-bond donors (Lipinski definition) is 1. The van der Waals surface area contributed by atoms with Gasteiger partial charge in [0.05, 0.1) is 24.2 Å². The summed E-state index contributed by atoms with van der Waals surface area (Å²) in [5.41, 5.74) is 1.85. The van der Waals surface area contributed by atoms with E-state index >= 15 is 0 Å². The van der Waals surface area contributed by atoms with E-state index in [0.717, 1.165) is 24.8 Å². The molecule has 0 amide bonds. The van der Waals surface area contributed by atoms with E-state index in [1.165, 1.54) is 30.6 Å². The second-order valence-electron chi connectivity index (χ2n) is 8.55. The molecule has 1 fully saturated rings. The summed E-state index contributed by atoms with van der Waals surface area (Å²) in [7, 11) is -2.44. The number of nitroso groups, excluding NO2 is 1. The van der Waals surface area contributed by atoms with Gasteiger partial charge in [-0.1, -0.05) is 35.5 Å². The minimum atomic E-state index is -4.01. The van der Waals surface area contributed by atoms with Gasteiger partial charge in [0.2, 0.25) is 5.88 Å². The van der Waals surface area contributed by atoms with Crippen molar-refractivity contribution < 1.29 is 27.4 Å². The fourth-order valence-corrected chi connectivity index (χ4v) is 5.05. The Morgan fingerprint density at radius 2 is 1.89 bits per heavy atom. The van der Waals surface area contributed by atoms with Crippen molar-refractivity contribution in [1.29, 1.82) is 0 Å². The molecule has 1 saturated heterocycles. The molecule has 38 heavy (non-hydrogen) atoms. The van der Waals surface area contributed by atoms with E-state index in [2.05, 4.69) is 19.9 Å². The fraction of sp³-hybridized carbons (Fsp3) is 0.385. The topological polar surface area (TPSA) is 138 Å². The smallest absolute Gasteiger partial charge is 0.263 e.